The van der Waals surface area contributed by atoms with Crippen molar-refractivity contribution in [2.75, 3.05) is 44.2 Å². The molecule has 0 bridgehead atoms. The minimum absolute atomic E-state index is 0.158. The lowest BCUT2D eigenvalue weighted by Crippen LogP contribution is -2.47. The first kappa shape index (κ1) is 16.7. The zero-order chi connectivity index (χ0) is 16.1. The number of nitro benzene ring substituents is 1. The number of piperazine rings is 1. The zero-order valence-corrected chi connectivity index (χ0v) is 13.6. The lowest BCUT2D eigenvalue weighted by atomic mass is 10.1. The summed E-state index contributed by atoms with van der Waals surface area (Å²) in [6.45, 7) is 11.7. The highest BCUT2D eigenvalue weighted by atomic mass is 16.6. The van der Waals surface area contributed by atoms with E-state index in [0.717, 1.165) is 50.6 Å². The van der Waals surface area contributed by atoms with Gasteiger partial charge in [0.2, 0.25) is 0 Å². The normalized spacial score (nSPS) is 16.3. The van der Waals surface area contributed by atoms with Crippen molar-refractivity contribution >= 4 is 11.4 Å². The van der Waals surface area contributed by atoms with Gasteiger partial charge >= 0.3 is 0 Å². The van der Waals surface area contributed by atoms with Crippen molar-refractivity contribution in [2.24, 2.45) is 0 Å². The Bertz CT molecular complexity index is 511. The fraction of sp³-hybridized carbons (Fsp3) is 0.625. The second-order valence-electron chi connectivity index (χ2n) is 5.98. The first-order chi connectivity index (χ1) is 10.5. The summed E-state index contributed by atoms with van der Waals surface area (Å²) >= 11 is 0. The number of anilines is 1. The summed E-state index contributed by atoms with van der Waals surface area (Å²) in [7, 11) is 0. The number of ether oxygens (including phenoxy) is 1. The Morgan fingerprint density at radius 3 is 2.50 bits per heavy atom. The minimum atomic E-state index is -0.344. The molecule has 0 aromatic heterocycles. The molecule has 1 aromatic rings. The van der Waals surface area contributed by atoms with Crippen LogP contribution >= 0.6 is 0 Å². The van der Waals surface area contributed by atoms with E-state index in [-0.39, 0.29) is 16.7 Å². The van der Waals surface area contributed by atoms with E-state index in [0.29, 0.717) is 0 Å². The zero-order valence-electron chi connectivity index (χ0n) is 13.6. The SMILES string of the molecule is Cc1cc([N+](=O)[O-])ccc1N1CCN(CCOC(C)C)CC1. The van der Waals surface area contributed by atoms with Crippen molar-refractivity contribution in [1.82, 2.24) is 4.90 Å². The molecule has 0 amide bonds. The molecule has 0 aliphatic carbocycles. The standard InChI is InChI=1S/C16H25N3O3/c1-13(2)22-11-10-17-6-8-18(9-7-17)16-5-4-15(19(20)21)12-14(16)3/h4-5,12-13H,6-11H2,1-3H3. The van der Waals surface area contributed by atoms with Crippen LogP contribution in [0.25, 0.3) is 0 Å². The molecule has 0 atom stereocenters. The van der Waals surface area contributed by atoms with Crippen LogP contribution in [0.5, 0.6) is 0 Å². The van der Waals surface area contributed by atoms with Gasteiger partial charge in [0.1, 0.15) is 0 Å². The molecule has 0 spiro atoms. The Kier molecular flexibility index (Phi) is 5.74. The third kappa shape index (κ3) is 4.42. The summed E-state index contributed by atoms with van der Waals surface area (Å²) in [6.07, 6.45) is 0.282. The third-order valence-electron chi connectivity index (χ3n) is 3.96. The highest BCUT2D eigenvalue weighted by molar-refractivity contribution is 5.57. The first-order valence-corrected chi connectivity index (χ1v) is 7.81. The van der Waals surface area contributed by atoms with Gasteiger partial charge in [-0.2, -0.15) is 0 Å². The Labute approximate surface area is 131 Å². The third-order valence-corrected chi connectivity index (χ3v) is 3.96. The van der Waals surface area contributed by atoms with Crippen molar-refractivity contribution in [1.29, 1.82) is 0 Å². The molecule has 6 heteroatoms. The highest BCUT2D eigenvalue weighted by Gasteiger charge is 2.19. The van der Waals surface area contributed by atoms with Crippen LogP contribution in [-0.4, -0.2) is 55.3 Å². The van der Waals surface area contributed by atoms with Crippen molar-refractivity contribution in [3.05, 3.63) is 33.9 Å². The van der Waals surface area contributed by atoms with Gasteiger partial charge in [-0.15, -0.1) is 0 Å². The van der Waals surface area contributed by atoms with Crippen LogP contribution in [0.3, 0.4) is 0 Å². The summed E-state index contributed by atoms with van der Waals surface area (Å²) in [5.41, 5.74) is 2.22. The van der Waals surface area contributed by atoms with Gasteiger partial charge in [-0.05, 0) is 32.4 Å². The molecule has 1 heterocycles. The van der Waals surface area contributed by atoms with E-state index in [4.69, 9.17) is 4.74 Å². The number of nitro groups is 1. The molecule has 1 aliphatic heterocycles. The van der Waals surface area contributed by atoms with E-state index in [1.54, 1.807) is 12.1 Å². The average molecular weight is 307 g/mol. The molecular weight excluding hydrogens is 282 g/mol. The fourth-order valence-corrected chi connectivity index (χ4v) is 2.74. The molecule has 0 unspecified atom stereocenters. The van der Waals surface area contributed by atoms with Crippen LogP contribution in [-0.2, 0) is 4.74 Å². The Hall–Kier alpha value is -1.66. The van der Waals surface area contributed by atoms with Gasteiger partial charge in [0.25, 0.3) is 5.69 Å². The summed E-state index contributed by atoms with van der Waals surface area (Å²) in [6, 6.07) is 5.11. The van der Waals surface area contributed by atoms with Gasteiger partial charge in [0.15, 0.2) is 0 Å². The number of rotatable bonds is 6. The molecule has 1 aromatic carbocycles. The van der Waals surface area contributed by atoms with E-state index in [1.165, 1.54) is 0 Å². The number of benzene rings is 1. The van der Waals surface area contributed by atoms with E-state index in [1.807, 2.05) is 13.0 Å². The maximum Gasteiger partial charge on any atom is 0.269 e. The molecule has 6 nitrogen and oxygen atoms in total. The van der Waals surface area contributed by atoms with Crippen LogP contribution in [0.2, 0.25) is 0 Å². The quantitative estimate of drug-likeness (QED) is 0.597. The van der Waals surface area contributed by atoms with E-state index in [9.17, 15) is 10.1 Å². The largest absolute Gasteiger partial charge is 0.377 e. The second kappa shape index (κ2) is 7.56. The monoisotopic (exact) mass is 307 g/mol. The summed E-state index contributed by atoms with van der Waals surface area (Å²) in [4.78, 5) is 15.2. The molecule has 22 heavy (non-hydrogen) atoms. The average Bonchev–Trinajstić information content (AvgIpc) is 2.47. The minimum Gasteiger partial charge on any atom is -0.377 e. The van der Waals surface area contributed by atoms with E-state index >= 15 is 0 Å². The van der Waals surface area contributed by atoms with Crippen molar-refractivity contribution in [2.45, 2.75) is 26.9 Å². The van der Waals surface area contributed by atoms with Crippen molar-refractivity contribution in [3.63, 3.8) is 0 Å². The lowest BCUT2D eigenvalue weighted by Gasteiger charge is -2.36. The van der Waals surface area contributed by atoms with Crippen LogP contribution in [0.1, 0.15) is 19.4 Å². The maximum absolute atomic E-state index is 10.8. The fourth-order valence-electron chi connectivity index (χ4n) is 2.74. The molecule has 1 fully saturated rings. The van der Waals surface area contributed by atoms with Crippen molar-refractivity contribution in [3.8, 4) is 0 Å². The van der Waals surface area contributed by atoms with Crippen LogP contribution < -0.4 is 4.90 Å². The maximum atomic E-state index is 10.8. The van der Waals surface area contributed by atoms with Crippen LogP contribution in [0, 0.1) is 17.0 Å². The van der Waals surface area contributed by atoms with Gasteiger partial charge in [0.05, 0.1) is 17.6 Å². The topological polar surface area (TPSA) is 58.9 Å². The van der Waals surface area contributed by atoms with E-state index in [2.05, 4.69) is 23.6 Å². The van der Waals surface area contributed by atoms with Gasteiger partial charge in [-0.25, -0.2) is 0 Å². The number of aryl methyl sites for hydroxylation is 1. The molecule has 0 N–H and O–H groups in total. The smallest absolute Gasteiger partial charge is 0.269 e. The Morgan fingerprint density at radius 2 is 1.95 bits per heavy atom. The lowest BCUT2D eigenvalue weighted by molar-refractivity contribution is -0.384. The Morgan fingerprint density at radius 1 is 1.27 bits per heavy atom. The second-order valence-corrected chi connectivity index (χ2v) is 5.98. The highest BCUT2D eigenvalue weighted by Crippen LogP contribution is 2.25. The number of hydrogen-bond donors (Lipinski definition) is 0. The van der Waals surface area contributed by atoms with Gasteiger partial charge in [-0.3, -0.25) is 15.0 Å². The molecule has 1 saturated heterocycles. The number of non-ortho nitro benzene ring substituents is 1. The molecule has 122 valence electrons. The van der Waals surface area contributed by atoms with Gasteiger partial charge < -0.3 is 9.64 Å². The molecule has 2 rings (SSSR count). The van der Waals surface area contributed by atoms with Crippen molar-refractivity contribution < 1.29 is 9.66 Å². The summed E-state index contributed by atoms with van der Waals surface area (Å²) in [5, 5.41) is 10.8. The van der Waals surface area contributed by atoms with Crippen LogP contribution in [0.15, 0.2) is 18.2 Å². The molecule has 1 aliphatic rings. The van der Waals surface area contributed by atoms with E-state index < -0.39 is 0 Å². The van der Waals surface area contributed by atoms with Gasteiger partial charge in [0, 0.05) is 50.5 Å². The number of hydrogen-bond acceptors (Lipinski definition) is 5. The predicted octanol–water partition coefficient (Wildman–Crippen LogP) is 2.45. The van der Waals surface area contributed by atoms with Gasteiger partial charge in [-0.1, -0.05) is 0 Å². The summed E-state index contributed by atoms with van der Waals surface area (Å²) < 4.78 is 5.59. The summed E-state index contributed by atoms with van der Waals surface area (Å²) in [5.74, 6) is 0. The predicted molar refractivity (Wildman–Crippen MR) is 87.6 cm³/mol. The molecule has 0 saturated carbocycles. The Balaban J connectivity index is 1.87. The molecular formula is C16H25N3O3. The van der Waals surface area contributed by atoms with Crippen LogP contribution in [0.4, 0.5) is 11.4 Å². The number of nitrogens with zero attached hydrogens (tertiary/aromatic N) is 3. The first-order valence-electron chi connectivity index (χ1n) is 7.81. The molecule has 0 radical (unpaired) electrons.